The summed E-state index contributed by atoms with van der Waals surface area (Å²) < 4.78 is 16.1. The topological polar surface area (TPSA) is 105 Å². The number of likely N-dealkylation sites (N-methyl/N-ethyl adjacent to an activating group) is 1. The highest BCUT2D eigenvalue weighted by atomic mass is 16.7. The fraction of sp³-hybridized carbons (Fsp3) is 0.963. The van der Waals surface area contributed by atoms with Crippen LogP contribution < -0.4 is 5.11 Å². The lowest BCUT2D eigenvalue weighted by molar-refractivity contribution is -0.870. The molecule has 0 spiro atoms. The van der Waals surface area contributed by atoms with Gasteiger partial charge in [0.05, 0.1) is 40.3 Å². The van der Waals surface area contributed by atoms with Crippen molar-refractivity contribution in [1.82, 2.24) is 0 Å². The van der Waals surface area contributed by atoms with Gasteiger partial charge in [-0.3, -0.25) is 4.79 Å². The van der Waals surface area contributed by atoms with E-state index < -0.39 is 18.4 Å². The van der Waals surface area contributed by atoms with Crippen LogP contribution in [0, 0.1) is 0 Å². The molecule has 0 aliphatic rings. The maximum atomic E-state index is 12.0. The van der Waals surface area contributed by atoms with Crippen LogP contribution >= 0.6 is 0 Å². The molecule has 62 heavy (non-hydrogen) atoms. The van der Waals surface area contributed by atoms with E-state index in [4.69, 9.17) is 14.2 Å². The van der Waals surface area contributed by atoms with E-state index >= 15 is 0 Å². The third kappa shape index (κ3) is 49.8. The minimum atomic E-state index is -1.57. The van der Waals surface area contributed by atoms with Gasteiger partial charge in [0.1, 0.15) is 19.3 Å². The predicted octanol–water partition coefficient (Wildman–Crippen LogP) is 14.1. The summed E-state index contributed by atoms with van der Waals surface area (Å²) in [4.78, 5) is 23.2. The van der Waals surface area contributed by atoms with Gasteiger partial charge in [-0.05, 0) is 6.42 Å². The van der Waals surface area contributed by atoms with Crippen LogP contribution in [0.4, 0.5) is 0 Å². The highest BCUT2D eigenvalue weighted by Gasteiger charge is 2.17. The molecule has 0 saturated heterocycles. The van der Waals surface area contributed by atoms with Crippen LogP contribution in [0.25, 0.3) is 0 Å². The van der Waals surface area contributed by atoms with E-state index in [-0.39, 0.29) is 25.8 Å². The number of quaternary nitrogens is 1. The van der Waals surface area contributed by atoms with E-state index in [2.05, 4.69) is 6.92 Å². The fourth-order valence-corrected chi connectivity index (χ4v) is 8.36. The maximum Gasteiger partial charge on any atom is 0.305 e. The van der Waals surface area contributed by atoms with Crippen LogP contribution in [-0.2, 0) is 23.8 Å². The van der Waals surface area contributed by atoms with Crippen molar-refractivity contribution < 1.29 is 38.5 Å². The number of carboxylic acid groups (broad SMARTS) is 1. The minimum Gasteiger partial charge on any atom is -0.545 e. The molecule has 0 aromatic heterocycles. The van der Waals surface area contributed by atoms with Gasteiger partial charge in [-0.2, -0.15) is 0 Å². The number of ether oxygens (including phenoxy) is 3. The summed E-state index contributed by atoms with van der Waals surface area (Å²) in [6.07, 6.45) is 54.9. The molecule has 0 aromatic rings. The maximum absolute atomic E-state index is 12.0. The van der Waals surface area contributed by atoms with Crippen molar-refractivity contribution in [3.63, 3.8) is 0 Å². The number of carbonyl (C=O) groups excluding carboxylic acids is 2. The second kappa shape index (κ2) is 47.7. The quantitative estimate of drug-likeness (QED) is 0.0281. The summed E-state index contributed by atoms with van der Waals surface area (Å²) in [6.45, 7) is 2.50. The molecule has 0 amide bonds. The van der Waals surface area contributed by atoms with E-state index in [1.807, 2.05) is 21.1 Å². The molecule has 0 bridgehead atoms. The number of aliphatic hydroxyl groups is 1. The van der Waals surface area contributed by atoms with E-state index in [1.165, 1.54) is 244 Å². The van der Waals surface area contributed by atoms with Gasteiger partial charge in [0.25, 0.3) is 0 Å². The van der Waals surface area contributed by atoms with Gasteiger partial charge in [0, 0.05) is 6.42 Å². The molecule has 8 nitrogen and oxygen atoms in total. The van der Waals surface area contributed by atoms with Gasteiger partial charge in [-0.15, -0.1) is 0 Å². The van der Waals surface area contributed by atoms with Crippen molar-refractivity contribution in [3.8, 4) is 0 Å². The molecule has 1 N–H and O–H groups in total. The zero-order valence-electron chi connectivity index (χ0n) is 42.0. The molecule has 0 rings (SSSR count). The Morgan fingerprint density at radius 3 is 0.968 bits per heavy atom. The average molecular weight is 882 g/mol. The Kier molecular flexibility index (Phi) is 46.8. The van der Waals surface area contributed by atoms with Gasteiger partial charge in [0.2, 0.25) is 0 Å². The number of carboxylic acids is 1. The van der Waals surface area contributed by atoms with Crippen LogP contribution in [0.1, 0.15) is 277 Å². The molecule has 0 saturated carbocycles. The Morgan fingerprint density at radius 2 is 0.710 bits per heavy atom. The molecule has 0 fully saturated rings. The Hall–Kier alpha value is -1.22. The van der Waals surface area contributed by atoms with Crippen molar-refractivity contribution in [2.24, 2.45) is 0 Å². The number of nitrogens with zero attached hydrogens (tertiary/aromatic N) is 1. The standard InChI is InChI=1S/C54H107NO7/c1-5-6-7-8-9-10-11-12-13-14-15-16-17-18-19-20-21-22-23-24-25-26-27-28-29-30-31-32-33-34-35-36-37-38-39-40-41-42-43-44-45-46-52(57)61-49-51(56)50-62-54(53(58)59)60-48-47-55(2,3)4/h51,54,56H,5-50H2,1-4H3. The zero-order valence-corrected chi connectivity index (χ0v) is 42.0. The van der Waals surface area contributed by atoms with Gasteiger partial charge >= 0.3 is 5.97 Å². The molecule has 370 valence electrons. The minimum absolute atomic E-state index is 0.174. The lowest BCUT2D eigenvalue weighted by atomic mass is 10.0. The van der Waals surface area contributed by atoms with Crippen LogP contribution in [0.5, 0.6) is 0 Å². The summed E-state index contributed by atoms with van der Waals surface area (Å²) in [6, 6.07) is 0. The van der Waals surface area contributed by atoms with E-state index in [0.29, 0.717) is 17.4 Å². The monoisotopic (exact) mass is 882 g/mol. The van der Waals surface area contributed by atoms with Crippen LogP contribution in [0.15, 0.2) is 0 Å². The third-order valence-electron chi connectivity index (χ3n) is 12.6. The molecule has 8 heteroatoms. The first-order valence-electron chi connectivity index (χ1n) is 27.2. The smallest absolute Gasteiger partial charge is 0.305 e. The zero-order chi connectivity index (χ0) is 45.5. The van der Waals surface area contributed by atoms with Crippen molar-refractivity contribution >= 4 is 11.9 Å². The number of esters is 1. The summed E-state index contributed by atoms with van der Waals surface area (Å²) in [5.74, 6) is -1.86. The number of unbranched alkanes of at least 4 members (excludes halogenated alkanes) is 40. The Balaban J connectivity index is 3.27. The lowest BCUT2D eigenvalue weighted by Gasteiger charge is -2.26. The van der Waals surface area contributed by atoms with Crippen molar-refractivity contribution in [3.05, 3.63) is 0 Å². The fourth-order valence-electron chi connectivity index (χ4n) is 8.36. The predicted molar refractivity (Wildman–Crippen MR) is 260 cm³/mol. The molecule has 0 heterocycles. The molecule has 0 radical (unpaired) electrons. The number of hydrogen-bond acceptors (Lipinski definition) is 7. The van der Waals surface area contributed by atoms with Gasteiger partial charge in [-0.1, -0.05) is 264 Å². The second-order valence-electron chi connectivity index (χ2n) is 20.1. The first kappa shape index (κ1) is 60.8. The molecule has 2 atom stereocenters. The molecular weight excluding hydrogens is 775 g/mol. The number of aliphatic hydroxyl groups excluding tert-OH is 1. The molecular formula is C54H107NO7. The number of rotatable bonds is 52. The number of hydrogen-bond donors (Lipinski definition) is 1. The van der Waals surface area contributed by atoms with Crippen molar-refractivity contribution in [2.75, 3.05) is 47.5 Å². The highest BCUT2D eigenvalue weighted by molar-refractivity contribution is 5.69. The molecule has 0 aliphatic heterocycles. The van der Waals surface area contributed by atoms with Gasteiger partial charge in [0.15, 0.2) is 6.29 Å². The molecule has 0 aliphatic carbocycles. The average Bonchev–Trinajstić information content (AvgIpc) is 3.24. The van der Waals surface area contributed by atoms with E-state index in [1.54, 1.807) is 0 Å². The van der Waals surface area contributed by atoms with Gasteiger partial charge in [-0.25, -0.2) is 0 Å². The first-order valence-corrected chi connectivity index (χ1v) is 27.2. The Labute approximate surface area is 385 Å². The Bertz CT molecular complexity index is 925. The number of carbonyl (C=O) groups is 2. The summed E-state index contributed by atoms with van der Waals surface area (Å²) >= 11 is 0. The molecule has 0 aromatic carbocycles. The van der Waals surface area contributed by atoms with Crippen LogP contribution in [-0.4, -0.2) is 81.4 Å². The number of aliphatic carboxylic acids is 1. The van der Waals surface area contributed by atoms with Crippen LogP contribution in [0.2, 0.25) is 0 Å². The highest BCUT2D eigenvalue weighted by Crippen LogP contribution is 2.18. The van der Waals surface area contributed by atoms with Crippen molar-refractivity contribution in [1.29, 1.82) is 0 Å². The lowest BCUT2D eigenvalue weighted by Crippen LogP contribution is -2.44. The summed E-state index contributed by atoms with van der Waals surface area (Å²) in [5.41, 5.74) is 0. The second-order valence-corrected chi connectivity index (χ2v) is 20.1. The third-order valence-corrected chi connectivity index (χ3v) is 12.6. The van der Waals surface area contributed by atoms with E-state index in [9.17, 15) is 19.8 Å². The summed E-state index contributed by atoms with van der Waals surface area (Å²) in [5, 5.41) is 21.2. The first-order chi connectivity index (χ1) is 30.2. The summed E-state index contributed by atoms with van der Waals surface area (Å²) in [7, 11) is 5.89. The Morgan fingerprint density at radius 1 is 0.435 bits per heavy atom. The van der Waals surface area contributed by atoms with Crippen molar-refractivity contribution in [2.45, 2.75) is 289 Å². The normalized spacial score (nSPS) is 12.9. The molecule has 2 unspecified atom stereocenters. The largest absolute Gasteiger partial charge is 0.545 e. The van der Waals surface area contributed by atoms with Crippen LogP contribution in [0.3, 0.4) is 0 Å². The van der Waals surface area contributed by atoms with Gasteiger partial charge < -0.3 is 33.7 Å². The van der Waals surface area contributed by atoms with E-state index in [0.717, 1.165) is 19.3 Å². The SMILES string of the molecule is CCCCCCCCCCCCCCCCCCCCCCCCCCCCCCCCCCCCCCCCCCCC(=O)OCC(O)COC(OCC[N+](C)(C)C)C(=O)[O-].